The lowest BCUT2D eigenvalue weighted by Gasteiger charge is -2.28. The largest absolute Gasteiger partial charge is 0.363 e. The SMILES string of the molecule is CC(c1ccc(Cl)cc1)N(C)c1c(F)cc(CCl)cc1F. The Bertz CT molecular complexity index is 606. The van der Waals surface area contributed by atoms with Crippen molar-refractivity contribution in [2.24, 2.45) is 0 Å². The molecule has 0 bridgehead atoms. The Kier molecular flexibility index (Phi) is 5.07. The normalized spacial score (nSPS) is 12.3. The van der Waals surface area contributed by atoms with Crippen LogP contribution in [0.1, 0.15) is 24.1 Å². The molecule has 5 heteroatoms. The number of rotatable bonds is 4. The summed E-state index contributed by atoms with van der Waals surface area (Å²) in [6.45, 7) is 1.87. The summed E-state index contributed by atoms with van der Waals surface area (Å²) >= 11 is 11.5. The van der Waals surface area contributed by atoms with Crippen LogP contribution in [0, 0.1) is 11.6 Å². The van der Waals surface area contributed by atoms with Gasteiger partial charge in [0.15, 0.2) is 0 Å². The number of alkyl halides is 1. The van der Waals surface area contributed by atoms with E-state index in [1.165, 1.54) is 12.1 Å². The Morgan fingerprint density at radius 1 is 1.10 bits per heavy atom. The third-order valence-corrected chi connectivity index (χ3v) is 4.08. The molecule has 0 aromatic heterocycles. The fraction of sp³-hybridized carbons (Fsp3) is 0.250. The number of benzene rings is 2. The van der Waals surface area contributed by atoms with Crippen molar-refractivity contribution in [3.63, 3.8) is 0 Å². The van der Waals surface area contributed by atoms with Crippen LogP contribution in [0.3, 0.4) is 0 Å². The van der Waals surface area contributed by atoms with Gasteiger partial charge < -0.3 is 4.90 Å². The minimum atomic E-state index is -0.617. The summed E-state index contributed by atoms with van der Waals surface area (Å²) in [6.07, 6.45) is 0. The maximum Gasteiger partial charge on any atom is 0.149 e. The zero-order chi connectivity index (χ0) is 15.6. The summed E-state index contributed by atoms with van der Waals surface area (Å²) in [5, 5.41) is 0.623. The van der Waals surface area contributed by atoms with Crippen molar-refractivity contribution in [2.45, 2.75) is 18.8 Å². The van der Waals surface area contributed by atoms with Crippen molar-refractivity contribution >= 4 is 28.9 Å². The molecule has 0 aliphatic carbocycles. The van der Waals surface area contributed by atoms with Gasteiger partial charge in [-0.3, -0.25) is 0 Å². The van der Waals surface area contributed by atoms with Gasteiger partial charge >= 0.3 is 0 Å². The summed E-state index contributed by atoms with van der Waals surface area (Å²) in [5.41, 5.74) is 1.27. The van der Waals surface area contributed by atoms with E-state index < -0.39 is 11.6 Å². The van der Waals surface area contributed by atoms with Crippen LogP contribution in [-0.4, -0.2) is 7.05 Å². The van der Waals surface area contributed by atoms with E-state index in [1.54, 1.807) is 24.1 Å². The first-order valence-corrected chi connectivity index (χ1v) is 7.37. The van der Waals surface area contributed by atoms with Crippen LogP contribution in [-0.2, 0) is 5.88 Å². The van der Waals surface area contributed by atoms with E-state index in [9.17, 15) is 8.78 Å². The van der Waals surface area contributed by atoms with Gasteiger partial charge in [0.2, 0.25) is 0 Å². The second-order valence-corrected chi connectivity index (χ2v) is 5.58. The van der Waals surface area contributed by atoms with E-state index in [4.69, 9.17) is 23.2 Å². The fourth-order valence-corrected chi connectivity index (χ4v) is 2.47. The van der Waals surface area contributed by atoms with Crippen LogP contribution in [0.4, 0.5) is 14.5 Å². The quantitative estimate of drug-likeness (QED) is 0.664. The monoisotopic (exact) mass is 329 g/mol. The van der Waals surface area contributed by atoms with Crippen molar-refractivity contribution in [1.82, 2.24) is 0 Å². The van der Waals surface area contributed by atoms with Crippen LogP contribution in [0.2, 0.25) is 5.02 Å². The van der Waals surface area contributed by atoms with E-state index in [0.717, 1.165) is 5.56 Å². The molecular weight excluding hydrogens is 315 g/mol. The number of anilines is 1. The molecule has 2 aromatic rings. The van der Waals surface area contributed by atoms with Gasteiger partial charge in [-0.05, 0) is 42.3 Å². The molecule has 0 saturated heterocycles. The second-order valence-electron chi connectivity index (χ2n) is 4.88. The van der Waals surface area contributed by atoms with E-state index >= 15 is 0 Å². The maximum atomic E-state index is 14.1. The molecule has 0 N–H and O–H groups in total. The van der Waals surface area contributed by atoms with Gasteiger partial charge in [0.05, 0.1) is 6.04 Å². The van der Waals surface area contributed by atoms with Gasteiger partial charge in [0, 0.05) is 18.0 Å². The Labute approximate surface area is 133 Å². The van der Waals surface area contributed by atoms with Crippen LogP contribution in [0.15, 0.2) is 36.4 Å². The molecule has 0 heterocycles. The predicted molar refractivity (Wildman–Crippen MR) is 84.2 cm³/mol. The molecule has 0 amide bonds. The third kappa shape index (κ3) is 3.47. The lowest BCUT2D eigenvalue weighted by molar-refractivity contribution is 0.563. The molecular formula is C16H15Cl2F2N. The van der Waals surface area contributed by atoms with Gasteiger partial charge in [0.25, 0.3) is 0 Å². The summed E-state index contributed by atoms with van der Waals surface area (Å²) in [7, 11) is 1.65. The standard InChI is InChI=1S/C16H15Cl2F2N/c1-10(12-3-5-13(18)6-4-12)21(2)16-14(19)7-11(9-17)8-15(16)20/h3-8,10H,9H2,1-2H3. The molecule has 0 aliphatic rings. The van der Waals surface area contributed by atoms with Gasteiger partial charge in [-0.2, -0.15) is 0 Å². The Balaban J connectivity index is 2.35. The Morgan fingerprint density at radius 2 is 1.62 bits per heavy atom. The van der Waals surface area contributed by atoms with Crippen molar-refractivity contribution in [3.05, 3.63) is 64.2 Å². The molecule has 1 unspecified atom stereocenters. The van der Waals surface area contributed by atoms with E-state index in [-0.39, 0.29) is 17.6 Å². The molecule has 112 valence electrons. The molecule has 2 rings (SSSR count). The van der Waals surface area contributed by atoms with Crippen molar-refractivity contribution in [1.29, 1.82) is 0 Å². The summed E-state index contributed by atoms with van der Waals surface area (Å²) in [5.74, 6) is -1.16. The number of halogens is 4. The lowest BCUT2D eigenvalue weighted by atomic mass is 10.1. The maximum absolute atomic E-state index is 14.1. The minimum absolute atomic E-state index is 0.0636. The Morgan fingerprint density at radius 3 is 2.10 bits per heavy atom. The number of hydrogen-bond acceptors (Lipinski definition) is 1. The number of nitrogens with zero attached hydrogens (tertiary/aromatic N) is 1. The number of hydrogen-bond donors (Lipinski definition) is 0. The molecule has 0 aliphatic heterocycles. The van der Waals surface area contributed by atoms with Crippen molar-refractivity contribution < 1.29 is 8.78 Å². The van der Waals surface area contributed by atoms with Gasteiger partial charge in [0.1, 0.15) is 17.3 Å². The molecule has 0 fully saturated rings. The summed E-state index contributed by atoms with van der Waals surface area (Å²) in [6, 6.07) is 9.51. The molecule has 21 heavy (non-hydrogen) atoms. The zero-order valence-corrected chi connectivity index (χ0v) is 13.2. The first-order chi connectivity index (χ1) is 9.93. The Hall–Kier alpha value is -1.32. The summed E-state index contributed by atoms with van der Waals surface area (Å²) < 4.78 is 28.3. The lowest BCUT2D eigenvalue weighted by Crippen LogP contribution is -2.24. The molecule has 1 nitrogen and oxygen atoms in total. The van der Waals surface area contributed by atoms with E-state index in [1.807, 2.05) is 19.1 Å². The van der Waals surface area contributed by atoms with Crippen molar-refractivity contribution in [2.75, 3.05) is 11.9 Å². The molecule has 0 radical (unpaired) electrons. The van der Waals surface area contributed by atoms with Crippen LogP contribution < -0.4 is 4.90 Å². The highest BCUT2D eigenvalue weighted by Gasteiger charge is 2.20. The van der Waals surface area contributed by atoms with Crippen LogP contribution in [0.5, 0.6) is 0 Å². The van der Waals surface area contributed by atoms with E-state index in [0.29, 0.717) is 10.6 Å². The zero-order valence-electron chi connectivity index (χ0n) is 11.7. The van der Waals surface area contributed by atoms with Crippen LogP contribution in [0.25, 0.3) is 0 Å². The fourth-order valence-electron chi connectivity index (χ4n) is 2.19. The summed E-state index contributed by atoms with van der Waals surface area (Å²) in [4.78, 5) is 1.56. The third-order valence-electron chi connectivity index (χ3n) is 3.52. The van der Waals surface area contributed by atoms with E-state index in [2.05, 4.69) is 0 Å². The van der Waals surface area contributed by atoms with Gasteiger partial charge in [-0.1, -0.05) is 23.7 Å². The van der Waals surface area contributed by atoms with Gasteiger partial charge in [-0.15, -0.1) is 11.6 Å². The average Bonchev–Trinajstić information content (AvgIpc) is 2.46. The first kappa shape index (κ1) is 16.1. The smallest absolute Gasteiger partial charge is 0.149 e. The molecule has 2 aromatic carbocycles. The predicted octanol–water partition coefficient (Wildman–Crippen LogP) is 5.55. The van der Waals surface area contributed by atoms with Crippen LogP contribution >= 0.6 is 23.2 Å². The highest BCUT2D eigenvalue weighted by molar-refractivity contribution is 6.30. The molecule has 0 spiro atoms. The topological polar surface area (TPSA) is 3.24 Å². The van der Waals surface area contributed by atoms with Crippen molar-refractivity contribution in [3.8, 4) is 0 Å². The first-order valence-electron chi connectivity index (χ1n) is 6.46. The molecule has 1 atom stereocenters. The average molecular weight is 330 g/mol. The minimum Gasteiger partial charge on any atom is -0.363 e. The highest BCUT2D eigenvalue weighted by Crippen LogP contribution is 2.31. The second kappa shape index (κ2) is 6.63. The molecule has 0 saturated carbocycles. The highest BCUT2D eigenvalue weighted by atomic mass is 35.5. The van der Waals surface area contributed by atoms with Gasteiger partial charge in [-0.25, -0.2) is 8.78 Å².